The van der Waals surface area contributed by atoms with Crippen LogP contribution in [-0.2, 0) is 0 Å². The summed E-state index contributed by atoms with van der Waals surface area (Å²) in [5, 5.41) is 12.3. The monoisotopic (exact) mass is 380 g/mol. The number of benzene rings is 2. The minimum Gasteiger partial charge on any atom is -0.363 e. The summed E-state index contributed by atoms with van der Waals surface area (Å²) in [5.41, 5.74) is 4.85. The van der Waals surface area contributed by atoms with Gasteiger partial charge in [0.25, 0.3) is 11.8 Å². The molecule has 0 radical (unpaired) electrons. The second-order valence-corrected chi connectivity index (χ2v) is 8.51. The van der Waals surface area contributed by atoms with Crippen LogP contribution in [0.4, 0.5) is 11.4 Å². The second kappa shape index (κ2) is 6.86. The predicted octanol–water partition coefficient (Wildman–Crippen LogP) is 3.77. The van der Waals surface area contributed by atoms with Crippen LogP contribution in [0, 0.1) is 13.8 Å². The van der Waals surface area contributed by atoms with Gasteiger partial charge in [-0.15, -0.1) is 0 Å². The van der Waals surface area contributed by atoms with E-state index in [2.05, 4.69) is 21.3 Å². The lowest BCUT2D eigenvalue weighted by Gasteiger charge is -2.34. The van der Waals surface area contributed by atoms with Crippen LogP contribution in [0.2, 0.25) is 0 Å². The van der Waals surface area contributed by atoms with Crippen molar-refractivity contribution in [2.45, 2.75) is 52.9 Å². The molecule has 0 saturated carbocycles. The molecule has 2 aromatic carbocycles. The number of fused-ring (bicyclic) bond motifs is 2. The highest BCUT2D eigenvalue weighted by Gasteiger charge is 2.29. The molecule has 0 aromatic heterocycles. The molecule has 6 heteroatoms. The van der Waals surface area contributed by atoms with Crippen molar-refractivity contribution in [2.75, 3.05) is 10.6 Å². The molecule has 4 rings (SSSR count). The number of aryl methyl sites for hydroxylation is 2. The SMILES string of the molecule is Cc1ccc2c(c1)NC(C)(C)NC2=O.Cc1ccc2c(c1)NC(C)(C)NC2=O. The van der Waals surface area contributed by atoms with E-state index in [4.69, 9.17) is 0 Å². The molecule has 4 N–H and O–H groups in total. The van der Waals surface area contributed by atoms with Crippen LogP contribution in [0.25, 0.3) is 0 Å². The molecule has 2 aliphatic heterocycles. The molecule has 0 aliphatic carbocycles. The van der Waals surface area contributed by atoms with E-state index in [0.29, 0.717) is 0 Å². The second-order valence-electron chi connectivity index (χ2n) is 8.51. The molecule has 0 bridgehead atoms. The first-order valence-corrected chi connectivity index (χ1v) is 9.38. The Morgan fingerprint density at radius 2 is 0.964 bits per heavy atom. The van der Waals surface area contributed by atoms with Crippen LogP contribution < -0.4 is 21.3 Å². The summed E-state index contributed by atoms with van der Waals surface area (Å²) < 4.78 is 0. The van der Waals surface area contributed by atoms with Gasteiger partial charge in [0.1, 0.15) is 11.3 Å². The first kappa shape index (κ1) is 19.7. The van der Waals surface area contributed by atoms with Gasteiger partial charge in [0.05, 0.1) is 11.1 Å². The molecule has 28 heavy (non-hydrogen) atoms. The predicted molar refractivity (Wildman–Crippen MR) is 113 cm³/mol. The van der Waals surface area contributed by atoms with Crippen molar-refractivity contribution >= 4 is 23.2 Å². The van der Waals surface area contributed by atoms with Gasteiger partial charge in [0.15, 0.2) is 0 Å². The van der Waals surface area contributed by atoms with Crippen LogP contribution in [0.15, 0.2) is 36.4 Å². The first-order chi connectivity index (χ1) is 13.0. The van der Waals surface area contributed by atoms with E-state index < -0.39 is 0 Å². The fourth-order valence-corrected chi connectivity index (χ4v) is 3.36. The average molecular weight is 380 g/mol. The Labute approximate surface area is 166 Å². The molecule has 2 amide bonds. The summed E-state index contributed by atoms with van der Waals surface area (Å²) in [6.07, 6.45) is 0. The van der Waals surface area contributed by atoms with E-state index in [9.17, 15) is 9.59 Å². The molecular weight excluding hydrogens is 352 g/mol. The maximum Gasteiger partial charge on any atom is 0.255 e. The molecule has 148 valence electrons. The van der Waals surface area contributed by atoms with Crippen molar-refractivity contribution in [2.24, 2.45) is 0 Å². The fraction of sp³-hybridized carbons (Fsp3) is 0.364. The highest BCUT2D eigenvalue weighted by molar-refractivity contribution is 6.02. The third-order valence-corrected chi connectivity index (χ3v) is 4.59. The number of carbonyl (C=O) groups is 2. The topological polar surface area (TPSA) is 82.3 Å². The van der Waals surface area contributed by atoms with Crippen molar-refractivity contribution in [1.82, 2.24) is 10.6 Å². The summed E-state index contributed by atoms with van der Waals surface area (Å²) in [4.78, 5) is 23.3. The summed E-state index contributed by atoms with van der Waals surface area (Å²) in [6, 6.07) is 11.6. The Bertz CT molecular complexity index is 870. The molecule has 0 fully saturated rings. The number of hydrogen-bond donors (Lipinski definition) is 4. The van der Waals surface area contributed by atoms with Crippen molar-refractivity contribution in [3.8, 4) is 0 Å². The van der Waals surface area contributed by atoms with Gasteiger partial charge < -0.3 is 21.3 Å². The number of nitrogens with one attached hydrogen (secondary N) is 4. The Hall–Kier alpha value is -3.02. The van der Waals surface area contributed by atoms with E-state index in [0.717, 1.165) is 33.6 Å². The highest BCUT2D eigenvalue weighted by Crippen LogP contribution is 2.26. The quantitative estimate of drug-likeness (QED) is 0.561. The molecule has 0 saturated heterocycles. The van der Waals surface area contributed by atoms with Crippen molar-refractivity contribution in [3.63, 3.8) is 0 Å². The molecule has 2 aliphatic rings. The lowest BCUT2D eigenvalue weighted by Crippen LogP contribution is -2.53. The zero-order valence-corrected chi connectivity index (χ0v) is 17.3. The van der Waals surface area contributed by atoms with Gasteiger partial charge in [-0.05, 0) is 76.9 Å². The summed E-state index contributed by atoms with van der Waals surface area (Å²) >= 11 is 0. The maximum absolute atomic E-state index is 11.7. The number of rotatable bonds is 0. The van der Waals surface area contributed by atoms with Crippen LogP contribution in [0.1, 0.15) is 59.5 Å². The average Bonchev–Trinajstić information content (AvgIpc) is 2.52. The number of carbonyl (C=O) groups excluding carboxylic acids is 2. The van der Waals surface area contributed by atoms with Crippen molar-refractivity contribution in [1.29, 1.82) is 0 Å². The van der Waals surface area contributed by atoms with Gasteiger partial charge >= 0.3 is 0 Å². The van der Waals surface area contributed by atoms with E-state index in [1.165, 1.54) is 0 Å². The van der Waals surface area contributed by atoms with E-state index in [1.807, 2.05) is 77.9 Å². The summed E-state index contributed by atoms with van der Waals surface area (Å²) in [6.45, 7) is 11.8. The standard InChI is InChI=1S/2C11H14N2O/c2*1-7-4-5-8-9(6-7)12-11(2,3)13-10(8)14/h2*4-6,12H,1-3H3,(H,13,14). The van der Waals surface area contributed by atoms with Gasteiger partial charge in [-0.2, -0.15) is 0 Å². The Balaban J connectivity index is 0.000000161. The molecule has 6 nitrogen and oxygen atoms in total. The van der Waals surface area contributed by atoms with Crippen LogP contribution in [-0.4, -0.2) is 23.1 Å². The van der Waals surface area contributed by atoms with Gasteiger partial charge in [-0.3, -0.25) is 9.59 Å². The normalized spacial score (nSPS) is 18.1. The zero-order chi connectivity index (χ0) is 20.7. The van der Waals surface area contributed by atoms with Crippen molar-refractivity contribution in [3.05, 3.63) is 58.7 Å². The summed E-state index contributed by atoms with van der Waals surface area (Å²) in [5.74, 6) is -0.0208. The van der Waals surface area contributed by atoms with E-state index in [1.54, 1.807) is 0 Å². The highest BCUT2D eigenvalue weighted by atomic mass is 16.2. The summed E-state index contributed by atoms with van der Waals surface area (Å²) in [7, 11) is 0. The number of anilines is 2. The van der Waals surface area contributed by atoms with Gasteiger partial charge in [0.2, 0.25) is 0 Å². The molecule has 2 heterocycles. The fourth-order valence-electron chi connectivity index (χ4n) is 3.36. The molecule has 0 spiro atoms. The Kier molecular flexibility index (Phi) is 4.83. The van der Waals surface area contributed by atoms with Crippen LogP contribution >= 0.6 is 0 Å². The van der Waals surface area contributed by atoms with Gasteiger partial charge in [-0.25, -0.2) is 0 Å². The van der Waals surface area contributed by atoms with Crippen LogP contribution in [0.3, 0.4) is 0 Å². The number of hydrogen-bond acceptors (Lipinski definition) is 4. The largest absolute Gasteiger partial charge is 0.363 e. The van der Waals surface area contributed by atoms with Gasteiger partial charge in [-0.1, -0.05) is 12.1 Å². The van der Waals surface area contributed by atoms with Crippen molar-refractivity contribution < 1.29 is 9.59 Å². The molecular formula is C22H28N4O2. The minimum atomic E-state index is -0.363. The molecule has 0 atom stereocenters. The zero-order valence-electron chi connectivity index (χ0n) is 17.3. The van der Waals surface area contributed by atoms with E-state index in [-0.39, 0.29) is 23.1 Å². The Morgan fingerprint density at radius 1 is 0.607 bits per heavy atom. The molecule has 0 unspecified atom stereocenters. The lowest BCUT2D eigenvalue weighted by molar-refractivity contribution is 0.0905. The maximum atomic E-state index is 11.7. The minimum absolute atomic E-state index is 0.0104. The third-order valence-electron chi connectivity index (χ3n) is 4.59. The van der Waals surface area contributed by atoms with E-state index >= 15 is 0 Å². The van der Waals surface area contributed by atoms with Crippen LogP contribution in [0.5, 0.6) is 0 Å². The first-order valence-electron chi connectivity index (χ1n) is 9.38. The Morgan fingerprint density at radius 3 is 1.32 bits per heavy atom. The lowest BCUT2D eigenvalue weighted by atomic mass is 10.0. The van der Waals surface area contributed by atoms with Gasteiger partial charge in [0, 0.05) is 11.4 Å². The molecule has 2 aromatic rings. The smallest absolute Gasteiger partial charge is 0.255 e. The number of amides is 2. The third kappa shape index (κ3) is 4.27.